The van der Waals surface area contributed by atoms with Gasteiger partial charge in [-0.25, -0.2) is 0 Å². The van der Waals surface area contributed by atoms with Crippen molar-refractivity contribution in [3.63, 3.8) is 0 Å². The van der Waals surface area contributed by atoms with Gasteiger partial charge in [0.05, 0.1) is 17.8 Å². The first kappa shape index (κ1) is 20.9. The Hall–Kier alpha value is -1.79. The van der Waals surface area contributed by atoms with Crippen LogP contribution in [0.25, 0.3) is 0 Å². The predicted molar refractivity (Wildman–Crippen MR) is 113 cm³/mol. The zero-order valence-electron chi connectivity index (χ0n) is 16.3. The van der Waals surface area contributed by atoms with Crippen LogP contribution in [-0.4, -0.2) is 45.7 Å². The number of quaternary nitrogens is 2. The van der Waals surface area contributed by atoms with Crippen molar-refractivity contribution in [2.75, 3.05) is 45.2 Å². The van der Waals surface area contributed by atoms with Crippen LogP contribution in [0.4, 0.5) is 5.69 Å². The first-order valence-electron chi connectivity index (χ1n) is 9.50. The predicted octanol–water partition coefficient (Wildman–Crippen LogP) is 1.23. The molecule has 0 radical (unpaired) electrons. The van der Waals surface area contributed by atoms with E-state index < -0.39 is 0 Å². The maximum atomic E-state index is 12.4. The number of carbonyl (C=O) groups is 1. The Morgan fingerprint density at radius 2 is 1.79 bits per heavy atom. The third-order valence-corrected chi connectivity index (χ3v) is 5.70. The summed E-state index contributed by atoms with van der Waals surface area (Å²) in [5.41, 5.74) is 3.10. The van der Waals surface area contributed by atoms with E-state index in [2.05, 4.69) is 24.4 Å². The van der Waals surface area contributed by atoms with Gasteiger partial charge in [-0.15, -0.1) is 0 Å². The summed E-state index contributed by atoms with van der Waals surface area (Å²) in [6, 6.07) is 11.4. The minimum Gasteiger partial charge on any atom is -0.496 e. The molecule has 3 rings (SSSR count). The second-order valence-electron chi connectivity index (χ2n) is 7.34. The average molecular weight is 424 g/mol. The van der Waals surface area contributed by atoms with E-state index in [1.165, 1.54) is 20.9 Å². The fourth-order valence-corrected chi connectivity index (χ4v) is 4.09. The maximum Gasteiger partial charge on any atom is 0.279 e. The lowest BCUT2D eigenvalue weighted by Crippen LogP contribution is -3.28. The van der Waals surface area contributed by atoms with Crippen LogP contribution in [-0.2, 0) is 11.3 Å². The first-order valence-corrected chi connectivity index (χ1v) is 10.3. The van der Waals surface area contributed by atoms with Crippen molar-refractivity contribution in [1.29, 1.82) is 0 Å². The molecule has 150 valence electrons. The summed E-state index contributed by atoms with van der Waals surface area (Å²) in [5.74, 6) is 0.926. The van der Waals surface area contributed by atoms with Crippen molar-refractivity contribution in [2.24, 2.45) is 0 Å². The van der Waals surface area contributed by atoms with E-state index in [0.717, 1.165) is 38.5 Å². The minimum absolute atomic E-state index is 0.0250. The molecule has 0 atom stereocenters. The van der Waals surface area contributed by atoms with Crippen LogP contribution in [0.15, 0.2) is 36.4 Å². The monoisotopic (exact) mass is 423 g/mol. The molecule has 1 saturated heterocycles. The van der Waals surface area contributed by atoms with Crippen LogP contribution < -0.4 is 19.9 Å². The Bertz CT molecular complexity index is 836. The van der Waals surface area contributed by atoms with E-state index in [0.29, 0.717) is 22.3 Å². The lowest BCUT2D eigenvalue weighted by Gasteiger charge is -2.29. The van der Waals surface area contributed by atoms with Gasteiger partial charge >= 0.3 is 0 Å². The van der Waals surface area contributed by atoms with Gasteiger partial charge in [0.2, 0.25) is 0 Å². The van der Waals surface area contributed by atoms with Crippen molar-refractivity contribution in [3.05, 3.63) is 57.6 Å². The van der Waals surface area contributed by atoms with Crippen LogP contribution in [0.1, 0.15) is 11.1 Å². The molecule has 1 amide bonds. The number of halogens is 2. The van der Waals surface area contributed by atoms with Gasteiger partial charge in [-0.1, -0.05) is 34.8 Å². The Morgan fingerprint density at radius 3 is 2.46 bits per heavy atom. The number of hydrogen-bond donors (Lipinski definition) is 3. The number of aryl methyl sites for hydroxylation is 1. The Labute approximate surface area is 176 Å². The van der Waals surface area contributed by atoms with Crippen molar-refractivity contribution in [2.45, 2.75) is 13.5 Å². The fourth-order valence-electron chi connectivity index (χ4n) is 3.64. The summed E-state index contributed by atoms with van der Waals surface area (Å²) in [6.07, 6.45) is 0. The highest BCUT2D eigenvalue weighted by Gasteiger charge is 2.25. The Kier molecular flexibility index (Phi) is 7.18. The van der Waals surface area contributed by atoms with E-state index in [-0.39, 0.29) is 5.91 Å². The third-order valence-electron chi connectivity index (χ3n) is 5.16. The molecular weight excluding hydrogens is 397 g/mol. The van der Waals surface area contributed by atoms with Gasteiger partial charge in [0.1, 0.15) is 38.5 Å². The van der Waals surface area contributed by atoms with E-state index in [9.17, 15) is 4.79 Å². The van der Waals surface area contributed by atoms with Gasteiger partial charge in [0.25, 0.3) is 5.91 Å². The van der Waals surface area contributed by atoms with Gasteiger partial charge in [0, 0.05) is 10.6 Å². The van der Waals surface area contributed by atoms with Gasteiger partial charge in [0.15, 0.2) is 6.54 Å². The van der Waals surface area contributed by atoms with Gasteiger partial charge in [-0.05, 0) is 37.3 Å². The van der Waals surface area contributed by atoms with Crippen molar-refractivity contribution >= 4 is 34.8 Å². The normalized spacial score (nSPS) is 19.3. The number of rotatable bonds is 6. The third kappa shape index (κ3) is 5.61. The van der Waals surface area contributed by atoms with Crippen molar-refractivity contribution in [1.82, 2.24) is 0 Å². The summed E-state index contributed by atoms with van der Waals surface area (Å²) in [5, 5.41) is 3.89. The standard InChI is InChI=1S/C21H25Cl2N3O2/c1-15-3-6-20(28-2)16(11-15)13-25-7-9-26(10-8-25)14-21(27)24-19-5-4-17(22)12-18(19)23/h3-6,11-12H,7-10,13-14H2,1-2H3,(H,24,27)/p+2. The lowest BCUT2D eigenvalue weighted by molar-refractivity contribution is -1.02. The zero-order chi connectivity index (χ0) is 20.1. The molecule has 2 aromatic carbocycles. The van der Waals surface area contributed by atoms with Crippen LogP contribution in [0.2, 0.25) is 10.0 Å². The van der Waals surface area contributed by atoms with E-state index in [1.54, 1.807) is 25.3 Å². The molecule has 1 heterocycles. The molecule has 0 spiro atoms. The molecule has 7 heteroatoms. The van der Waals surface area contributed by atoms with Gasteiger partial charge < -0.3 is 19.9 Å². The quantitative estimate of drug-likeness (QED) is 0.654. The molecule has 3 N–H and O–H groups in total. The van der Waals surface area contributed by atoms with E-state index >= 15 is 0 Å². The smallest absolute Gasteiger partial charge is 0.279 e. The largest absolute Gasteiger partial charge is 0.496 e. The highest BCUT2D eigenvalue weighted by atomic mass is 35.5. The summed E-state index contributed by atoms with van der Waals surface area (Å²) >= 11 is 12.0. The first-order chi connectivity index (χ1) is 13.4. The fraction of sp³-hybridized carbons (Fsp3) is 0.381. The molecule has 1 fully saturated rings. The van der Waals surface area contributed by atoms with E-state index in [1.807, 2.05) is 6.07 Å². The molecule has 5 nitrogen and oxygen atoms in total. The van der Waals surface area contributed by atoms with Crippen LogP contribution >= 0.6 is 23.2 Å². The number of anilines is 1. The second-order valence-corrected chi connectivity index (χ2v) is 8.18. The van der Waals surface area contributed by atoms with Gasteiger partial charge in [-0.3, -0.25) is 4.79 Å². The SMILES string of the molecule is COc1ccc(C)cc1C[NH+]1CC[NH+](CC(=O)Nc2ccc(Cl)cc2Cl)CC1. The van der Waals surface area contributed by atoms with Crippen LogP contribution in [0.3, 0.4) is 0 Å². The number of hydrogen-bond acceptors (Lipinski definition) is 2. The van der Waals surface area contributed by atoms with Crippen LogP contribution in [0.5, 0.6) is 5.75 Å². The molecule has 2 aromatic rings. The molecule has 1 aliphatic rings. The summed E-state index contributed by atoms with van der Waals surface area (Å²) in [4.78, 5) is 15.2. The van der Waals surface area contributed by atoms with Crippen LogP contribution in [0, 0.1) is 6.92 Å². The van der Waals surface area contributed by atoms with Crippen molar-refractivity contribution < 1.29 is 19.3 Å². The number of methoxy groups -OCH3 is 1. The Balaban J connectivity index is 1.49. The molecular formula is C21H27Cl2N3O2+2. The summed E-state index contributed by atoms with van der Waals surface area (Å²) in [6.45, 7) is 7.48. The molecule has 0 aliphatic carbocycles. The minimum atomic E-state index is -0.0250. The topological polar surface area (TPSA) is 47.2 Å². The highest BCUT2D eigenvalue weighted by Crippen LogP contribution is 2.25. The number of nitrogens with one attached hydrogen (secondary N) is 3. The van der Waals surface area contributed by atoms with Crippen molar-refractivity contribution in [3.8, 4) is 5.75 Å². The maximum absolute atomic E-state index is 12.4. The molecule has 0 aromatic heterocycles. The average Bonchev–Trinajstić information content (AvgIpc) is 2.66. The number of carbonyl (C=O) groups excluding carboxylic acids is 1. The number of piperazine rings is 1. The van der Waals surface area contributed by atoms with Gasteiger partial charge in [-0.2, -0.15) is 0 Å². The number of amides is 1. The molecule has 0 saturated carbocycles. The lowest BCUT2D eigenvalue weighted by atomic mass is 10.1. The second kappa shape index (κ2) is 9.61. The zero-order valence-corrected chi connectivity index (χ0v) is 17.8. The highest BCUT2D eigenvalue weighted by molar-refractivity contribution is 6.36. The molecule has 0 unspecified atom stereocenters. The molecule has 0 bridgehead atoms. The summed E-state index contributed by atoms with van der Waals surface area (Å²) < 4.78 is 5.50. The molecule has 28 heavy (non-hydrogen) atoms. The number of ether oxygens (including phenoxy) is 1. The number of benzene rings is 2. The summed E-state index contributed by atoms with van der Waals surface area (Å²) in [7, 11) is 1.72. The Morgan fingerprint density at radius 1 is 1.07 bits per heavy atom. The molecule has 1 aliphatic heterocycles. The van der Waals surface area contributed by atoms with E-state index in [4.69, 9.17) is 27.9 Å².